The second kappa shape index (κ2) is 7.28. The van der Waals surface area contributed by atoms with Crippen LogP contribution >= 0.6 is 0 Å². The van der Waals surface area contributed by atoms with Gasteiger partial charge in [-0.05, 0) is 31.9 Å². The molecule has 0 bridgehead atoms. The monoisotopic (exact) mass is 315 g/mol. The Balaban J connectivity index is 1.56. The van der Waals surface area contributed by atoms with E-state index in [4.69, 9.17) is 9.47 Å². The fraction of sp³-hybridized carbons (Fsp3) is 0.412. The Kier molecular flexibility index (Phi) is 4.92. The molecule has 1 N–H and O–H groups in total. The number of rotatable bonds is 5. The molecular weight excluding hydrogens is 294 g/mol. The van der Waals surface area contributed by atoms with E-state index >= 15 is 0 Å². The fourth-order valence-corrected chi connectivity index (χ4v) is 2.55. The molecule has 122 valence electrons. The Bertz CT molecular complexity index is 636. The van der Waals surface area contributed by atoms with Gasteiger partial charge in [-0.1, -0.05) is 18.2 Å². The molecule has 1 aromatic heterocycles. The molecule has 0 spiro atoms. The third-order valence-electron chi connectivity index (χ3n) is 3.86. The van der Waals surface area contributed by atoms with Crippen molar-refractivity contribution in [1.29, 1.82) is 0 Å². The first kappa shape index (κ1) is 15.6. The normalized spacial score (nSPS) is 16.7. The second-order valence-corrected chi connectivity index (χ2v) is 5.61. The van der Waals surface area contributed by atoms with Crippen LogP contribution in [-0.2, 0) is 9.53 Å². The number of hydrogen-bond donors (Lipinski definition) is 1. The third-order valence-corrected chi connectivity index (χ3v) is 3.86. The van der Waals surface area contributed by atoms with Crippen LogP contribution in [0.2, 0.25) is 0 Å². The van der Waals surface area contributed by atoms with E-state index < -0.39 is 6.10 Å². The summed E-state index contributed by atoms with van der Waals surface area (Å²) in [5, 5.41) is 7.18. The first-order valence-electron chi connectivity index (χ1n) is 7.87. The van der Waals surface area contributed by atoms with Gasteiger partial charge in [-0.2, -0.15) is 5.10 Å². The number of aromatic nitrogens is 2. The molecule has 1 saturated heterocycles. The molecule has 1 aliphatic rings. The molecule has 6 nitrogen and oxygen atoms in total. The quantitative estimate of drug-likeness (QED) is 0.921. The predicted molar refractivity (Wildman–Crippen MR) is 86.5 cm³/mol. The number of amides is 1. The standard InChI is InChI=1S/C17H21N3O3/c1-13(23-16-5-3-2-4-6-16)17(21)19-14-11-18-20(12-14)15-7-9-22-10-8-15/h2-6,11-13,15H,7-10H2,1H3,(H,19,21)/t13-/m0/s1. The van der Waals surface area contributed by atoms with E-state index in [-0.39, 0.29) is 5.91 Å². The van der Waals surface area contributed by atoms with Gasteiger partial charge in [0.05, 0.1) is 17.9 Å². The van der Waals surface area contributed by atoms with Crippen molar-refractivity contribution in [3.8, 4) is 5.75 Å². The molecule has 1 aliphatic heterocycles. The van der Waals surface area contributed by atoms with E-state index in [2.05, 4.69) is 10.4 Å². The molecule has 2 aromatic rings. The van der Waals surface area contributed by atoms with Crippen LogP contribution in [0.3, 0.4) is 0 Å². The van der Waals surface area contributed by atoms with Gasteiger partial charge in [0.1, 0.15) is 5.75 Å². The van der Waals surface area contributed by atoms with Crippen molar-refractivity contribution in [3.63, 3.8) is 0 Å². The molecule has 0 unspecified atom stereocenters. The lowest BCUT2D eigenvalue weighted by molar-refractivity contribution is -0.122. The summed E-state index contributed by atoms with van der Waals surface area (Å²) in [6.07, 6.45) is 4.85. The number of anilines is 1. The summed E-state index contributed by atoms with van der Waals surface area (Å²) in [5.41, 5.74) is 0.685. The van der Waals surface area contributed by atoms with Crippen LogP contribution < -0.4 is 10.1 Å². The first-order chi connectivity index (χ1) is 11.2. The number of ether oxygens (including phenoxy) is 2. The molecule has 23 heavy (non-hydrogen) atoms. The Morgan fingerprint density at radius 1 is 1.35 bits per heavy atom. The van der Waals surface area contributed by atoms with Crippen molar-refractivity contribution >= 4 is 11.6 Å². The number of nitrogens with zero attached hydrogens (tertiary/aromatic N) is 2. The summed E-state index contributed by atoms with van der Waals surface area (Å²) in [6, 6.07) is 9.64. The van der Waals surface area contributed by atoms with Gasteiger partial charge in [0.25, 0.3) is 5.91 Å². The Labute approximate surface area is 135 Å². The maximum atomic E-state index is 12.2. The molecule has 6 heteroatoms. The molecule has 0 aliphatic carbocycles. The van der Waals surface area contributed by atoms with Gasteiger partial charge in [0, 0.05) is 19.4 Å². The molecule has 1 amide bonds. The van der Waals surface area contributed by atoms with E-state index in [1.807, 2.05) is 41.2 Å². The summed E-state index contributed by atoms with van der Waals surface area (Å²) in [4.78, 5) is 12.2. The van der Waals surface area contributed by atoms with Crippen LogP contribution in [0.4, 0.5) is 5.69 Å². The van der Waals surface area contributed by atoms with E-state index in [9.17, 15) is 4.79 Å². The SMILES string of the molecule is C[C@H](Oc1ccccc1)C(=O)Nc1cnn(C2CCOCC2)c1. The largest absolute Gasteiger partial charge is 0.481 e. The minimum atomic E-state index is -0.580. The highest BCUT2D eigenvalue weighted by atomic mass is 16.5. The maximum Gasteiger partial charge on any atom is 0.265 e. The zero-order valence-corrected chi connectivity index (χ0v) is 13.1. The van der Waals surface area contributed by atoms with Gasteiger partial charge < -0.3 is 14.8 Å². The molecule has 0 radical (unpaired) electrons. The minimum absolute atomic E-state index is 0.194. The summed E-state index contributed by atoms with van der Waals surface area (Å²) in [6.45, 7) is 3.24. The van der Waals surface area contributed by atoms with Gasteiger partial charge in [-0.3, -0.25) is 9.48 Å². The number of carbonyl (C=O) groups excluding carboxylic acids is 1. The van der Waals surface area contributed by atoms with Crippen molar-refractivity contribution in [3.05, 3.63) is 42.7 Å². The molecule has 0 saturated carbocycles. The van der Waals surface area contributed by atoms with Gasteiger partial charge >= 0.3 is 0 Å². The van der Waals surface area contributed by atoms with Crippen molar-refractivity contribution < 1.29 is 14.3 Å². The molecule has 1 atom stereocenters. The van der Waals surface area contributed by atoms with E-state index in [0.717, 1.165) is 26.1 Å². The molecule has 3 rings (SSSR count). The second-order valence-electron chi connectivity index (χ2n) is 5.61. The number of nitrogens with one attached hydrogen (secondary N) is 1. The Morgan fingerprint density at radius 3 is 2.83 bits per heavy atom. The lowest BCUT2D eigenvalue weighted by Crippen LogP contribution is -2.30. The van der Waals surface area contributed by atoms with Gasteiger partial charge in [-0.25, -0.2) is 0 Å². The average Bonchev–Trinajstić information content (AvgIpc) is 3.05. The van der Waals surface area contributed by atoms with Crippen LogP contribution in [-0.4, -0.2) is 35.0 Å². The van der Waals surface area contributed by atoms with Crippen LogP contribution in [0.1, 0.15) is 25.8 Å². The highest BCUT2D eigenvalue weighted by Crippen LogP contribution is 2.21. The number of hydrogen-bond acceptors (Lipinski definition) is 4. The highest BCUT2D eigenvalue weighted by Gasteiger charge is 2.19. The highest BCUT2D eigenvalue weighted by molar-refractivity contribution is 5.93. The topological polar surface area (TPSA) is 65.4 Å². The fourth-order valence-electron chi connectivity index (χ4n) is 2.55. The van der Waals surface area contributed by atoms with Gasteiger partial charge in [0.2, 0.25) is 0 Å². The molecular formula is C17H21N3O3. The zero-order chi connectivity index (χ0) is 16.1. The third kappa shape index (κ3) is 4.10. The van der Waals surface area contributed by atoms with E-state index in [0.29, 0.717) is 17.5 Å². The lowest BCUT2D eigenvalue weighted by Gasteiger charge is -2.22. The summed E-state index contributed by atoms with van der Waals surface area (Å²) < 4.78 is 12.9. The van der Waals surface area contributed by atoms with Crippen LogP contribution in [0, 0.1) is 0 Å². The maximum absolute atomic E-state index is 12.2. The van der Waals surface area contributed by atoms with Crippen LogP contribution in [0.5, 0.6) is 5.75 Å². The summed E-state index contributed by atoms with van der Waals surface area (Å²) >= 11 is 0. The number of benzene rings is 1. The predicted octanol–water partition coefficient (Wildman–Crippen LogP) is 2.64. The van der Waals surface area contributed by atoms with E-state index in [1.165, 1.54) is 0 Å². The number of carbonyl (C=O) groups is 1. The first-order valence-corrected chi connectivity index (χ1v) is 7.87. The lowest BCUT2D eigenvalue weighted by atomic mass is 10.1. The summed E-state index contributed by atoms with van der Waals surface area (Å²) in [7, 11) is 0. The smallest absolute Gasteiger partial charge is 0.265 e. The Morgan fingerprint density at radius 2 is 2.09 bits per heavy atom. The van der Waals surface area contributed by atoms with Crippen LogP contribution in [0.25, 0.3) is 0 Å². The van der Waals surface area contributed by atoms with Crippen LogP contribution in [0.15, 0.2) is 42.7 Å². The minimum Gasteiger partial charge on any atom is -0.481 e. The Hall–Kier alpha value is -2.34. The summed E-state index contributed by atoms with van der Waals surface area (Å²) in [5.74, 6) is 0.480. The average molecular weight is 315 g/mol. The van der Waals surface area contributed by atoms with E-state index in [1.54, 1.807) is 13.1 Å². The van der Waals surface area contributed by atoms with Crippen molar-refractivity contribution in [2.24, 2.45) is 0 Å². The molecule has 2 heterocycles. The van der Waals surface area contributed by atoms with Crippen molar-refractivity contribution in [1.82, 2.24) is 9.78 Å². The molecule has 1 fully saturated rings. The van der Waals surface area contributed by atoms with Crippen molar-refractivity contribution in [2.45, 2.75) is 31.9 Å². The zero-order valence-electron chi connectivity index (χ0n) is 13.1. The number of para-hydroxylation sites is 1. The van der Waals surface area contributed by atoms with Gasteiger partial charge in [-0.15, -0.1) is 0 Å². The molecule has 1 aromatic carbocycles. The van der Waals surface area contributed by atoms with Crippen molar-refractivity contribution in [2.75, 3.05) is 18.5 Å². The van der Waals surface area contributed by atoms with Gasteiger partial charge in [0.15, 0.2) is 6.10 Å².